The van der Waals surface area contributed by atoms with E-state index >= 15 is 0 Å². The number of benzene rings is 1. The molecule has 0 aliphatic carbocycles. The van der Waals surface area contributed by atoms with E-state index in [2.05, 4.69) is 5.32 Å². The zero-order valence-electron chi connectivity index (χ0n) is 13.3. The number of nitriles is 1. The van der Waals surface area contributed by atoms with E-state index in [-0.39, 0.29) is 18.0 Å². The molecule has 1 N–H and O–H groups in total. The summed E-state index contributed by atoms with van der Waals surface area (Å²) in [4.78, 5) is 24.3. The normalized spacial score (nSPS) is 10.1. The lowest BCUT2D eigenvalue weighted by Gasteiger charge is -2.12. The Hall–Kier alpha value is -2.87. The van der Waals surface area contributed by atoms with Crippen molar-refractivity contribution in [3.05, 3.63) is 69.1 Å². The Kier molecular flexibility index (Phi) is 5.32. The van der Waals surface area contributed by atoms with Gasteiger partial charge in [0.15, 0.2) is 0 Å². The number of carbonyl (C=O) groups is 1. The van der Waals surface area contributed by atoms with Gasteiger partial charge in [-0.15, -0.1) is 0 Å². The Balaban J connectivity index is 2.01. The van der Waals surface area contributed by atoms with Crippen LogP contribution < -0.4 is 10.9 Å². The van der Waals surface area contributed by atoms with Crippen molar-refractivity contribution >= 4 is 5.91 Å². The predicted molar refractivity (Wildman–Crippen MR) is 88.0 cm³/mol. The number of nitrogens with one attached hydrogen (secondary N) is 1. The Bertz CT molecular complexity index is 801. The number of hydrogen-bond donors (Lipinski definition) is 1. The molecule has 2 aromatic rings. The highest BCUT2D eigenvalue weighted by molar-refractivity contribution is 5.75. The number of amides is 1. The van der Waals surface area contributed by atoms with E-state index in [0.29, 0.717) is 17.8 Å². The van der Waals surface area contributed by atoms with E-state index in [4.69, 9.17) is 5.26 Å². The molecule has 1 heterocycles. The Morgan fingerprint density at radius 1 is 1.26 bits per heavy atom. The van der Waals surface area contributed by atoms with Crippen molar-refractivity contribution in [1.29, 1.82) is 5.26 Å². The van der Waals surface area contributed by atoms with Gasteiger partial charge in [-0.1, -0.05) is 30.3 Å². The second-order valence-corrected chi connectivity index (χ2v) is 5.43. The average molecular weight is 309 g/mol. The molecule has 5 nitrogen and oxygen atoms in total. The summed E-state index contributed by atoms with van der Waals surface area (Å²) >= 11 is 0. The molecule has 0 saturated carbocycles. The summed E-state index contributed by atoms with van der Waals surface area (Å²) in [7, 11) is 0. The van der Waals surface area contributed by atoms with Crippen LogP contribution >= 0.6 is 0 Å². The summed E-state index contributed by atoms with van der Waals surface area (Å²) in [5.41, 5.74) is 2.12. The third-order valence-corrected chi connectivity index (χ3v) is 3.70. The molecule has 0 radical (unpaired) electrons. The standard InChI is InChI=1S/C18H19N3O2/c1-13-10-14(2)21(18(23)16(13)11-19)12-17(22)20-9-8-15-6-4-3-5-7-15/h3-7,10H,8-9,12H2,1-2H3,(H,20,22). The van der Waals surface area contributed by atoms with Gasteiger partial charge in [-0.2, -0.15) is 5.26 Å². The molecular formula is C18H19N3O2. The van der Waals surface area contributed by atoms with Gasteiger partial charge in [0.2, 0.25) is 5.91 Å². The number of pyridine rings is 1. The van der Waals surface area contributed by atoms with Crippen molar-refractivity contribution in [2.45, 2.75) is 26.8 Å². The molecule has 2 rings (SSSR count). The van der Waals surface area contributed by atoms with Crippen LogP contribution in [0.15, 0.2) is 41.2 Å². The van der Waals surface area contributed by atoms with Crippen LogP contribution in [0.2, 0.25) is 0 Å². The van der Waals surface area contributed by atoms with Crippen molar-refractivity contribution < 1.29 is 4.79 Å². The summed E-state index contributed by atoms with van der Waals surface area (Å²) in [5, 5.41) is 11.9. The molecule has 0 aliphatic heterocycles. The van der Waals surface area contributed by atoms with Crippen molar-refractivity contribution in [2.24, 2.45) is 0 Å². The zero-order chi connectivity index (χ0) is 16.8. The number of aromatic nitrogens is 1. The zero-order valence-corrected chi connectivity index (χ0v) is 13.3. The van der Waals surface area contributed by atoms with Gasteiger partial charge in [-0.05, 0) is 37.5 Å². The molecule has 0 saturated heterocycles. The van der Waals surface area contributed by atoms with E-state index in [9.17, 15) is 9.59 Å². The Morgan fingerprint density at radius 3 is 2.61 bits per heavy atom. The molecule has 5 heteroatoms. The van der Waals surface area contributed by atoms with Gasteiger partial charge in [0.05, 0.1) is 0 Å². The highest BCUT2D eigenvalue weighted by atomic mass is 16.2. The predicted octanol–water partition coefficient (Wildman–Crippen LogP) is 1.70. The number of rotatable bonds is 5. The van der Waals surface area contributed by atoms with Crippen molar-refractivity contribution in [3.8, 4) is 6.07 Å². The molecule has 1 aromatic heterocycles. The van der Waals surface area contributed by atoms with Crippen LogP contribution in [-0.4, -0.2) is 17.0 Å². The van der Waals surface area contributed by atoms with Gasteiger partial charge >= 0.3 is 0 Å². The Labute approximate surface area is 135 Å². The van der Waals surface area contributed by atoms with Crippen molar-refractivity contribution in [2.75, 3.05) is 6.54 Å². The minimum Gasteiger partial charge on any atom is -0.354 e. The molecule has 1 aromatic carbocycles. The highest BCUT2D eigenvalue weighted by Crippen LogP contribution is 2.05. The molecule has 0 atom stereocenters. The number of carbonyl (C=O) groups excluding carboxylic acids is 1. The minimum atomic E-state index is -0.414. The maximum atomic E-state index is 12.2. The first-order valence-electron chi connectivity index (χ1n) is 7.44. The van der Waals surface area contributed by atoms with Crippen LogP contribution in [0, 0.1) is 25.2 Å². The summed E-state index contributed by atoms with van der Waals surface area (Å²) in [6, 6.07) is 13.5. The van der Waals surface area contributed by atoms with Gasteiger partial charge in [-0.25, -0.2) is 0 Å². The number of aryl methyl sites for hydroxylation is 2. The van der Waals surface area contributed by atoms with E-state index < -0.39 is 5.56 Å². The smallest absolute Gasteiger partial charge is 0.269 e. The first-order chi connectivity index (χ1) is 11.0. The lowest BCUT2D eigenvalue weighted by atomic mass is 10.1. The summed E-state index contributed by atoms with van der Waals surface area (Å²) < 4.78 is 1.34. The molecular weight excluding hydrogens is 290 g/mol. The van der Waals surface area contributed by atoms with Gasteiger partial charge in [0.1, 0.15) is 18.2 Å². The van der Waals surface area contributed by atoms with E-state index in [1.807, 2.05) is 36.4 Å². The number of nitrogens with zero attached hydrogens (tertiary/aromatic N) is 2. The summed E-state index contributed by atoms with van der Waals surface area (Å²) in [6.07, 6.45) is 0.734. The molecule has 0 bridgehead atoms. The number of hydrogen-bond acceptors (Lipinski definition) is 3. The van der Waals surface area contributed by atoms with Gasteiger partial charge in [0.25, 0.3) is 5.56 Å². The third-order valence-electron chi connectivity index (χ3n) is 3.70. The fourth-order valence-electron chi connectivity index (χ4n) is 2.45. The van der Waals surface area contributed by atoms with Gasteiger partial charge in [0, 0.05) is 12.2 Å². The third kappa shape index (κ3) is 4.07. The Morgan fingerprint density at radius 2 is 1.96 bits per heavy atom. The second kappa shape index (κ2) is 7.41. The first-order valence-corrected chi connectivity index (χ1v) is 7.44. The molecule has 0 aliphatic rings. The molecule has 0 spiro atoms. The van der Waals surface area contributed by atoms with Crippen LogP contribution in [0.4, 0.5) is 0 Å². The minimum absolute atomic E-state index is 0.0750. The molecule has 0 fully saturated rings. The van der Waals surface area contributed by atoms with Crippen LogP contribution in [0.1, 0.15) is 22.4 Å². The largest absolute Gasteiger partial charge is 0.354 e. The van der Waals surface area contributed by atoms with Crippen LogP contribution in [-0.2, 0) is 17.8 Å². The summed E-state index contributed by atoms with van der Waals surface area (Å²) in [5.74, 6) is -0.237. The molecule has 1 amide bonds. The lowest BCUT2D eigenvalue weighted by molar-refractivity contribution is -0.121. The first kappa shape index (κ1) is 16.5. The highest BCUT2D eigenvalue weighted by Gasteiger charge is 2.12. The quantitative estimate of drug-likeness (QED) is 0.913. The topological polar surface area (TPSA) is 74.9 Å². The van der Waals surface area contributed by atoms with E-state index in [1.54, 1.807) is 19.9 Å². The van der Waals surface area contributed by atoms with E-state index in [1.165, 1.54) is 4.57 Å². The molecule has 23 heavy (non-hydrogen) atoms. The van der Waals surface area contributed by atoms with Crippen molar-refractivity contribution in [1.82, 2.24) is 9.88 Å². The van der Waals surface area contributed by atoms with Crippen LogP contribution in [0.25, 0.3) is 0 Å². The fourth-order valence-corrected chi connectivity index (χ4v) is 2.45. The SMILES string of the molecule is Cc1cc(C)n(CC(=O)NCCc2ccccc2)c(=O)c1C#N. The van der Waals surface area contributed by atoms with E-state index in [0.717, 1.165) is 12.0 Å². The fraction of sp³-hybridized carbons (Fsp3) is 0.278. The average Bonchev–Trinajstić information content (AvgIpc) is 2.53. The van der Waals surface area contributed by atoms with Crippen molar-refractivity contribution in [3.63, 3.8) is 0 Å². The van der Waals surface area contributed by atoms with Gasteiger partial charge in [-0.3, -0.25) is 9.59 Å². The lowest BCUT2D eigenvalue weighted by Crippen LogP contribution is -2.35. The summed E-state index contributed by atoms with van der Waals surface area (Å²) in [6.45, 7) is 3.91. The van der Waals surface area contributed by atoms with Crippen LogP contribution in [0.3, 0.4) is 0 Å². The maximum absolute atomic E-state index is 12.2. The second-order valence-electron chi connectivity index (χ2n) is 5.43. The monoisotopic (exact) mass is 309 g/mol. The van der Waals surface area contributed by atoms with Crippen LogP contribution in [0.5, 0.6) is 0 Å². The maximum Gasteiger partial charge on any atom is 0.269 e. The molecule has 0 unspecified atom stereocenters. The molecule has 118 valence electrons. The van der Waals surface area contributed by atoms with Gasteiger partial charge < -0.3 is 9.88 Å².